The van der Waals surface area contributed by atoms with Crippen LogP contribution in [0.3, 0.4) is 0 Å². The predicted molar refractivity (Wildman–Crippen MR) is 158 cm³/mol. The second-order valence-electron chi connectivity index (χ2n) is 10.6. The van der Waals surface area contributed by atoms with E-state index in [0.29, 0.717) is 55.5 Å². The van der Waals surface area contributed by atoms with E-state index in [4.69, 9.17) is 14.2 Å². The number of ether oxygens (including phenoxy) is 3. The Morgan fingerprint density at radius 2 is 1.76 bits per heavy atom. The lowest BCUT2D eigenvalue weighted by molar-refractivity contribution is -0.0336. The van der Waals surface area contributed by atoms with Crippen molar-refractivity contribution in [3.05, 3.63) is 65.0 Å². The van der Waals surface area contributed by atoms with Gasteiger partial charge in [0.15, 0.2) is 11.6 Å². The smallest absolute Gasteiger partial charge is 0.318 e. The Labute approximate surface area is 247 Å². The quantitative estimate of drug-likeness (QED) is 0.190. The van der Waals surface area contributed by atoms with E-state index in [9.17, 15) is 9.59 Å². The molecule has 0 bridgehead atoms. The van der Waals surface area contributed by atoms with Crippen molar-refractivity contribution in [2.75, 3.05) is 26.9 Å². The summed E-state index contributed by atoms with van der Waals surface area (Å²) in [5.41, 5.74) is 1.70. The second kappa shape index (κ2) is 14.3. The molecule has 0 aliphatic heterocycles. The normalized spacial score (nSPS) is 18.5. The Bertz CT molecular complexity index is 1280. The van der Waals surface area contributed by atoms with E-state index in [1.165, 1.54) is 12.5 Å². The summed E-state index contributed by atoms with van der Waals surface area (Å²) in [7, 11) is 1.66. The lowest BCUT2D eigenvalue weighted by Crippen LogP contribution is -2.60. The number of benzene rings is 2. The summed E-state index contributed by atoms with van der Waals surface area (Å²) in [6.45, 7) is 8.51. The zero-order chi connectivity index (χ0) is 30.1. The van der Waals surface area contributed by atoms with Crippen LogP contribution in [0.25, 0.3) is 0 Å². The SMILES string of the molecule is CCOc1cc(C(C)N(CCCCc2ccccc2)C(=O)NC2(c3nn[nH]n3)CC(OC)C2)cc(OCC)c1C(C)=O. The van der Waals surface area contributed by atoms with Crippen molar-refractivity contribution in [2.24, 2.45) is 0 Å². The van der Waals surface area contributed by atoms with Crippen molar-refractivity contribution in [1.82, 2.24) is 30.8 Å². The van der Waals surface area contributed by atoms with Gasteiger partial charge in [0.2, 0.25) is 0 Å². The number of aromatic nitrogens is 4. The highest BCUT2D eigenvalue weighted by Crippen LogP contribution is 2.42. The molecule has 1 aromatic heterocycles. The molecule has 226 valence electrons. The van der Waals surface area contributed by atoms with Gasteiger partial charge in [-0.15, -0.1) is 10.2 Å². The number of carbonyl (C=O) groups excluding carboxylic acids is 2. The fraction of sp³-hybridized carbons (Fsp3) is 0.516. The Balaban J connectivity index is 1.62. The first-order chi connectivity index (χ1) is 20.3. The molecule has 0 radical (unpaired) electrons. The van der Waals surface area contributed by atoms with E-state index in [1.807, 2.05) is 56.0 Å². The minimum atomic E-state index is -0.780. The zero-order valence-electron chi connectivity index (χ0n) is 25.2. The van der Waals surface area contributed by atoms with Crippen LogP contribution in [0.4, 0.5) is 4.79 Å². The molecule has 3 aromatic rings. The van der Waals surface area contributed by atoms with E-state index in [2.05, 4.69) is 38.1 Å². The van der Waals surface area contributed by atoms with Crippen molar-refractivity contribution in [3.8, 4) is 11.5 Å². The number of hydrogen-bond acceptors (Lipinski definition) is 8. The molecule has 1 fully saturated rings. The largest absolute Gasteiger partial charge is 0.493 e. The highest BCUT2D eigenvalue weighted by Gasteiger charge is 2.51. The number of hydrogen-bond donors (Lipinski definition) is 2. The third-order valence-electron chi connectivity index (χ3n) is 7.81. The van der Waals surface area contributed by atoms with Crippen LogP contribution in [0.1, 0.15) is 86.7 Å². The third-order valence-corrected chi connectivity index (χ3v) is 7.81. The Kier molecular flexibility index (Phi) is 10.5. The average Bonchev–Trinajstić information content (AvgIpc) is 3.50. The summed E-state index contributed by atoms with van der Waals surface area (Å²) in [5.74, 6) is 1.19. The van der Waals surface area contributed by atoms with Crippen LogP contribution in [0.15, 0.2) is 42.5 Å². The maximum atomic E-state index is 14.1. The first kappa shape index (κ1) is 31.0. The monoisotopic (exact) mass is 578 g/mol. The number of amides is 2. The van der Waals surface area contributed by atoms with Gasteiger partial charge in [-0.3, -0.25) is 4.79 Å². The summed E-state index contributed by atoms with van der Waals surface area (Å²) in [4.78, 5) is 28.5. The molecule has 2 amide bonds. The van der Waals surface area contributed by atoms with Crippen molar-refractivity contribution in [3.63, 3.8) is 0 Å². The number of unbranched alkanes of at least 4 members (excludes halogenated alkanes) is 1. The number of H-pyrrole nitrogens is 1. The molecule has 1 heterocycles. The lowest BCUT2D eigenvalue weighted by Gasteiger charge is -2.46. The Hall–Kier alpha value is -3.99. The van der Waals surface area contributed by atoms with Crippen LogP contribution in [-0.4, -0.2) is 70.3 Å². The number of rotatable bonds is 15. The Morgan fingerprint density at radius 1 is 1.10 bits per heavy atom. The molecular weight excluding hydrogens is 536 g/mol. The van der Waals surface area contributed by atoms with Gasteiger partial charge in [-0.05, 0) is 70.2 Å². The fourth-order valence-corrected chi connectivity index (χ4v) is 5.51. The van der Waals surface area contributed by atoms with Crippen LogP contribution in [0.2, 0.25) is 0 Å². The molecule has 1 aliphatic carbocycles. The summed E-state index contributed by atoms with van der Waals surface area (Å²) < 4.78 is 17.3. The number of nitrogens with zero attached hydrogens (tertiary/aromatic N) is 4. The van der Waals surface area contributed by atoms with Crippen LogP contribution in [-0.2, 0) is 16.7 Å². The van der Waals surface area contributed by atoms with Crippen LogP contribution >= 0.6 is 0 Å². The molecular formula is C31H42N6O5. The van der Waals surface area contributed by atoms with Crippen LogP contribution in [0.5, 0.6) is 11.5 Å². The molecule has 1 aliphatic rings. The molecule has 42 heavy (non-hydrogen) atoms. The first-order valence-electron chi connectivity index (χ1n) is 14.7. The van der Waals surface area contributed by atoms with Gasteiger partial charge < -0.3 is 24.4 Å². The van der Waals surface area contributed by atoms with Gasteiger partial charge in [-0.25, -0.2) is 4.79 Å². The Morgan fingerprint density at radius 3 is 2.31 bits per heavy atom. The van der Waals surface area contributed by atoms with Gasteiger partial charge in [0.05, 0.1) is 25.4 Å². The van der Waals surface area contributed by atoms with Crippen molar-refractivity contribution in [2.45, 2.75) is 77.5 Å². The van der Waals surface area contributed by atoms with E-state index in [-0.39, 0.29) is 24.0 Å². The van der Waals surface area contributed by atoms with E-state index < -0.39 is 5.54 Å². The van der Waals surface area contributed by atoms with Gasteiger partial charge in [-0.1, -0.05) is 35.5 Å². The van der Waals surface area contributed by atoms with Crippen molar-refractivity contribution in [1.29, 1.82) is 0 Å². The van der Waals surface area contributed by atoms with Crippen molar-refractivity contribution >= 4 is 11.8 Å². The van der Waals surface area contributed by atoms with Gasteiger partial charge in [0.1, 0.15) is 22.6 Å². The standard InChI is InChI=1S/C31H42N6O5/c1-6-41-26-17-24(18-27(42-7-2)28(26)22(4)38)21(3)37(16-12-11-15-23-13-9-8-10-14-23)30(39)32-31(19-25(20-31)40-5)29-33-35-36-34-29/h8-10,13-14,17-18,21,25H,6-7,11-12,15-16,19-20H2,1-5H3,(H,32,39)(H,33,34,35,36). The maximum absolute atomic E-state index is 14.1. The predicted octanol–water partition coefficient (Wildman–Crippen LogP) is 5.00. The fourth-order valence-electron chi connectivity index (χ4n) is 5.51. The number of aryl methyl sites for hydroxylation is 1. The second-order valence-corrected chi connectivity index (χ2v) is 10.6. The number of tetrazole rings is 1. The number of Topliss-reactive ketones (excluding diaryl/α,β-unsaturated/α-hetero) is 1. The van der Waals surface area contributed by atoms with Gasteiger partial charge in [-0.2, -0.15) is 5.21 Å². The van der Waals surface area contributed by atoms with Gasteiger partial charge in [0.25, 0.3) is 0 Å². The maximum Gasteiger partial charge on any atom is 0.318 e. The molecule has 2 N–H and O–H groups in total. The van der Waals surface area contributed by atoms with Crippen LogP contribution < -0.4 is 14.8 Å². The van der Waals surface area contributed by atoms with E-state index in [0.717, 1.165) is 24.8 Å². The minimum Gasteiger partial charge on any atom is -0.493 e. The first-order valence-corrected chi connectivity index (χ1v) is 14.7. The molecule has 0 spiro atoms. The number of urea groups is 1. The van der Waals surface area contributed by atoms with Gasteiger partial charge >= 0.3 is 6.03 Å². The number of nitrogens with one attached hydrogen (secondary N) is 2. The van der Waals surface area contributed by atoms with E-state index >= 15 is 0 Å². The molecule has 2 aromatic carbocycles. The summed E-state index contributed by atoms with van der Waals surface area (Å²) in [5, 5.41) is 17.8. The topological polar surface area (TPSA) is 132 Å². The summed E-state index contributed by atoms with van der Waals surface area (Å²) in [6.07, 6.45) is 3.71. The number of methoxy groups -OCH3 is 1. The van der Waals surface area contributed by atoms with Gasteiger partial charge in [0, 0.05) is 26.5 Å². The highest BCUT2D eigenvalue weighted by atomic mass is 16.5. The molecule has 11 nitrogen and oxygen atoms in total. The third kappa shape index (κ3) is 7.07. The number of ketones is 1. The average molecular weight is 579 g/mol. The minimum absolute atomic E-state index is 0.0119. The molecule has 0 saturated heterocycles. The number of aromatic amines is 1. The summed E-state index contributed by atoms with van der Waals surface area (Å²) >= 11 is 0. The molecule has 4 rings (SSSR count). The van der Waals surface area contributed by atoms with Crippen LogP contribution in [0, 0.1) is 0 Å². The van der Waals surface area contributed by atoms with E-state index in [1.54, 1.807) is 7.11 Å². The zero-order valence-corrected chi connectivity index (χ0v) is 25.2. The van der Waals surface area contributed by atoms with Crippen molar-refractivity contribution < 1.29 is 23.8 Å². The molecule has 1 atom stereocenters. The lowest BCUT2D eigenvalue weighted by atomic mass is 9.73. The summed E-state index contributed by atoms with van der Waals surface area (Å²) in [6, 6.07) is 13.4. The highest BCUT2D eigenvalue weighted by molar-refractivity contribution is 5.99. The molecule has 1 unspecified atom stereocenters. The number of carbonyl (C=O) groups is 2. The molecule has 11 heteroatoms. The molecule has 1 saturated carbocycles.